The van der Waals surface area contributed by atoms with E-state index in [1.165, 1.54) is 11.3 Å². The van der Waals surface area contributed by atoms with Gasteiger partial charge >= 0.3 is 0 Å². The molecule has 0 spiro atoms. The second-order valence-corrected chi connectivity index (χ2v) is 6.33. The van der Waals surface area contributed by atoms with Crippen molar-refractivity contribution in [1.29, 1.82) is 0 Å². The van der Waals surface area contributed by atoms with E-state index >= 15 is 0 Å². The van der Waals surface area contributed by atoms with Crippen LogP contribution in [0.25, 0.3) is 0 Å². The maximum Gasteiger partial charge on any atom is 0.270 e. The average Bonchev–Trinajstić information content (AvgIpc) is 2.94. The topological polar surface area (TPSA) is 89.2 Å². The molecule has 0 radical (unpaired) electrons. The van der Waals surface area contributed by atoms with E-state index in [0.29, 0.717) is 22.3 Å². The van der Waals surface area contributed by atoms with Gasteiger partial charge in [0.15, 0.2) is 0 Å². The Morgan fingerprint density at radius 3 is 2.67 bits per heavy atom. The number of carbonyl (C=O) groups excluding carboxylic acids is 2. The van der Waals surface area contributed by atoms with Crippen molar-refractivity contribution in [2.45, 2.75) is 20.3 Å². The largest absolute Gasteiger partial charge is 0.398 e. The standard InChI is InChI=1S/C14H14N4O2S/c1-7(2)6-10-16-17-14(21-10)18-12(19)8-4-3-5-9(15)11(8)13(18)20/h3-5,7H,6,15H2,1-2H3. The number of imide groups is 1. The lowest BCUT2D eigenvalue weighted by atomic mass is 10.1. The second kappa shape index (κ2) is 4.92. The summed E-state index contributed by atoms with van der Waals surface area (Å²) in [5, 5.41) is 9.13. The number of rotatable bonds is 3. The third kappa shape index (κ3) is 2.19. The number of aromatic nitrogens is 2. The highest BCUT2D eigenvalue weighted by Gasteiger charge is 2.39. The van der Waals surface area contributed by atoms with Crippen LogP contribution in [0, 0.1) is 5.92 Å². The van der Waals surface area contributed by atoms with Crippen molar-refractivity contribution in [3.63, 3.8) is 0 Å². The Hall–Kier alpha value is -2.28. The highest BCUT2D eigenvalue weighted by atomic mass is 32.1. The number of fused-ring (bicyclic) bond motifs is 1. The van der Waals surface area contributed by atoms with Crippen LogP contribution >= 0.6 is 11.3 Å². The summed E-state index contributed by atoms with van der Waals surface area (Å²) in [6.07, 6.45) is 0.767. The smallest absolute Gasteiger partial charge is 0.270 e. The predicted molar refractivity (Wildman–Crippen MR) is 80.4 cm³/mol. The molecule has 0 saturated carbocycles. The molecular formula is C14H14N4O2S. The molecule has 0 fully saturated rings. The Balaban J connectivity index is 1.98. The first-order valence-corrected chi connectivity index (χ1v) is 7.40. The van der Waals surface area contributed by atoms with E-state index in [2.05, 4.69) is 24.0 Å². The third-order valence-corrected chi connectivity index (χ3v) is 4.11. The van der Waals surface area contributed by atoms with Gasteiger partial charge in [0.1, 0.15) is 5.01 Å². The van der Waals surface area contributed by atoms with Gasteiger partial charge < -0.3 is 5.73 Å². The molecule has 21 heavy (non-hydrogen) atoms. The number of nitrogens with two attached hydrogens (primary N) is 1. The van der Waals surface area contributed by atoms with Crippen LogP contribution in [0.3, 0.4) is 0 Å². The zero-order chi connectivity index (χ0) is 15.1. The average molecular weight is 302 g/mol. The molecule has 1 aromatic heterocycles. The number of amides is 2. The maximum atomic E-state index is 12.4. The summed E-state index contributed by atoms with van der Waals surface area (Å²) in [4.78, 5) is 25.9. The van der Waals surface area contributed by atoms with Crippen molar-refractivity contribution in [3.8, 4) is 0 Å². The van der Waals surface area contributed by atoms with Gasteiger partial charge in [-0.3, -0.25) is 9.59 Å². The molecular weight excluding hydrogens is 288 g/mol. The highest BCUT2D eigenvalue weighted by molar-refractivity contribution is 7.15. The fourth-order valence-electron chi connectivity index (χ4n) is 2.25. The fraction of sp³-hybridized carbons (Fsp3) is 0.286. The molecule has 1 aliphatic heterocycles. The minimum absolute atomic E-state index is 0.253. The third-order valence-electron chi connectivity index (χ3n) is 3.18. The number of nitrogens with zero attached hydrogens (tertiary/aromatic N) is 3. The molecule has 0 saturated heterocycles. The number of benzene rings is 1. The lowest BCUT2D eigenvalue weighted by Crippen LogP contribution is -2.29. The molecule has 2 N–H and O–H groups in total. The van der Waals surface area contributed by atoms with Crippen LogP contribution in [0.2, 0.25) is 0 Å². The van der Waals surface area contributed by atoms with E-state index in [1.54, 1.807) is 18.2 Å². The minimum atomic E-state index is -0.430. The lowest BCUT2D eigenvalue weighted by molar-refractivity contribution is 0.0926. The lowest BCUT2D eigenvalue weighted by Gasteiger charge is -2.08. The van der Waals surface area contributed by atoms with E-state index in [9.17, 15) is 9.59 Å². The molecule has 1 aliphatic rings. The summed E-state index contributed by atoms with van der Waals surface area (Å²) in [7, 11) is 0. The summed E-state index contributed by atoms with van der Waals surface area (Å²) < 4.78 is 0. The van der Waals surface area contributed by atoms with E-state index in [-0.39, 0.29) is 5.56 Å². The summed E-state index contributed by atoms with van der Waals surface area (Å²) in [6.45, 7) is 4.15. The normalized spacial score (nSPS) is 14.1. The van der Waals surface area contributed by atoms with E-state index in [4.69, 9.17) is 5.73 Å². The molecule has 3 rings (SSSR count). The van der Waals surface area contributed by atoms with Gasteiger partial charge in [0, 0.05) is 12.1 Å². The van der Waals surface area contributed by atoms with Crippen LogP contribution in [0.1, 0.15) is 39.6 Å². The zero-order valence-electron chi connectivity index (χ0n) is 11.7. The van der Waals surface area contributed by atoms with E-state index in [0.717, 1.165) is 16.3 Å². The van der Waals surface area contributed by atoms with Crippen molar-refractivity contribution in [3.05, 3.63) is 34.3 Å². The molecule has 2 aromatic rings. The molecule has 2 heterocycles. The molecule has 0 aliphatic carbocycles. The summed E-state index contributed by atoms with van der Waals surface area (Å²) in [5.41, 5.74) is 6.68. The Morgan fingerprint density at radius 1 is 1.24 bits per heavy atom. The monoisotopic (exact) mass is 302 g/mol. The predicted octanol–water partition coefficient (Wildman–Crippen LogP) is 2.12. The van der Waals surface area contributed by atoms with Crippen LogP contribution in [0.4, 0.5) is 10.8 Å². The molecule has 2 amide bonds. The molecule has 0 unspecified atom stereocenters. The first kappa shape index (κ1) is 13.7. The number of hydrogen-bond donors (Lipinski definition) is 1. The van der Waals surface area contributed by atoms with Gasteiger partial charge in [0.05, 0.1) is 11.1 Å². The minimum Gasteiger partial charge on any atom is -0.398 e. The number of anilines is 2. The number of nitrogen functional groups attached to an aromatic ring is 1. The summed E-state index contributed by atoms with van der Waals surface area (Å²) in [6, 6.07) is 4.87. The van der Waals surface area contributed by atoms with E-state index < -0.39 is 11.8 Å². The Bertz CT molecular complexity index is 738. The Labute approximate surface area is 125 Å². The number of carbonyl (C=O) groups is 2. The van der Waals surface area contributed by atoms with Crippen molar-refractivity contribution in [2.75, 3.05) is 10.6 Å². The van der Waals surface area contributed by atoms with Gasteiger partial charge in [-0.1, -0.05) is 31.3 Å². The van der Waals surface area contributed by atoms with Gasteiger partial charge in [0.25, 0.3) is 11.8 Å². The second-order valence-electron chi connectivity index (χ2n) is 5.29. The summed E-state index contributed by atoms with van der Waals surface area (Å²) >= 11 is 1.26. The van der Waals surface area contributed by atoms with Crippen molar-refractivity contribution >= 4 is 34.0 Å². The van der Waals surface area contributed by atoms with Crippen LogP contribution in [0.5, 0.6) is 0 Å². The Morgan fingerprint density at radius 2 is 2.00 bits per heavy atom. The van der Waals surface area contributed by atoms with Crippen molar-refractivity contribution in [2.24, 2.45) is 5.92 Å². The fourth-order valence-corrected chi connectivity index (χ4v) is 3.30. The summed E-state index contributed by atoms with van der Waals surface area (Å²) in [5.74, 6) is -0.390. The number of hydrogen-bond acceptors (Lipinski definition) is 6. The first-order chi connectivity index (χ1) is 9.99. The Kier molecular flexibility index (Phi) is 3.21. The van der Waals surface area contributed by atoms with Gasteiger partial charge in [-0.15, -0.1) is 10.2 Å². The molecule has 6 nitrogen and oxygen atoms in total. The van der Waals surface area contributed by atoms with Crippen molar-refractivity contribution in [1.82, 2.24) is 10.2 Å². The van der Waals surface area contributed by atoms with Gasteiger partial charge in [-0.2, -0.15) is 0 Å². The van der Waals surface area contributed by atoms with Gasteiger partial charge in [0.2, 0.25) is 5.13 Å². The zero-order valence-corrected chi connectivity index (χ0v) is 12.5. The van der Waals surface area contributed by atoms with Crippen LogP contribution < -0.4 is 10.6 Å². The van der Waals surface area contributed by atoms with Gasteiger partial charge in [-0.25, -0.2) is 4.90 Å². The van der Waals surface area contributed by atoms with Gasteiger partial charge in [-0.05, 0) is 18.1 Å². The molecule has 108 valence electrons. The van der Waals surface area contributed by atoms with Crippen LogP contribution in [-0.4, -0.2) is 22.0 Å². The van der Waals surface area contributed by atoms with Crippen LogP contribution in [0.15, 0.2) is 18.2 Å². The van der Waals surface area contributed by atoms with Crippen molar-refractivity contribution < 1.29 is 9.59 Å². The highest BCUT2D eigenvalue weighted by Crippen LogP contribution is 2.33. The molecule has 0 atom stereocenters. The molecule has 1 aromatic carbocycles. The SMILES string of the molecule is CC(C)Cc1nnc(N2C(=O)c3cccc(N)c3C2=O)s1. The quantitative estimate of drug-likeness (QED) is 0.693. The first-order valence-electron chi connectivity index (χ1n) is 6.58. The van der Waals surface area contributed by atoms with Crippen LogP contribution in [-0.2, 0) is 6.42 Å². The molecule has 7 heteroatoms. The maximum absolute atomic E-state index is 12.4. The van der Waals surface area contributed by atoms with E-state index in [1.807, 2.05) is 0 Å². The molecule has 0 bridgehead atoms.